The predicted octanol–water partition coefficient (Wildman–Crippen LogP) is 3.39. The minimum atomic E-state index is -0.603. The summed E-state index contributed by atoms with van der Waals surface area (Å²) in [5.74, 6) is -1.58. The number of carbonyl (C=O) groups is 2. The maximum absolute atomic E-state index is 14.5. The number of benzene rings is 2. The Kier molecular flexibility index (Phi) is 9.62. The van der Waals surface area contributed by atoms with Gasteiger partial charge in [-0.3, -0.25) is 14.0 Å². The summed E-state index contributed by atoms with van der Waals surface area (Å²) in [6, 6.07) is 10.2. The Hall–Kier alpha value is -6.48. The smallest absolute Gasteiger partial charge is 0.254 e. The second kappa shape index (κ2) is 14.5. The lowest BCUT2D eigenvalue weighted by Gasteiger charge is -2.13. The number of nitrogens with zero attached hydrogens (tertiary/aromatic N) is 9. The maximum Gasteiger partial charge on any atom is 0.254 e. The molecule has 0 bridgehead atoms. The van der Waals surface area contributed by atoms with Crippen molar-refractivity contribution in [3.63, 3.8) is 0 Å². The van der Waals surface area contributed by atoms with Crippen LogP contribution in [0.1, 0.15) is 33.6 Å². The summed E-state index contributed by atoms with van der Waals surface area (Å²) < 4.78 is 30.5. The molecule has 5 heterocycles. The highest BCUT2D eigenvalue weighted by molar-refractivity contribution is 5.95. The highest BCUT2D eigenvalue weighted by Gasteiger charge is 2.26. The fraction of sp³-hybridized carbons (Fsp3) is 0.235. The lowest BCUT2D eigenvalue weighted by Crippen LogP contribution is -2.36. The molecule has 2 atom stereocenters. The maximum atomic E-state index is 14.5. The Morgan fingerprint density at radius 2 is 1.39 bits per heavy atom. The van der Waals surface area contributed by atoms with Crippen molar-refractivity contribution in [2.24, 2.45) is 0 Å². The average Bonchev–Trinajstić information content (AvgIpc) is 3.90. The van der Waals surface area contributed by atoms with Crippen LogP contribution in [-0.4, -0.2) is 84.2 Å². The molecule has 13 nitrogen and oxygen atoms in total. The molecule has 2 amide bonds. The molecule has 0 radical (unpaired) electrons. The second-order valence-electron chi connectivity index (χ2n) is 11.5. The van der Waals surface area contributed by atoms with Crippen LogP contribution in [-0.2, 0) is 0 Å². The van der Waals surface area contributed by atoms with Gasteiger partial charge in [0.15, 0.2) is 12.4 Å². The Morgan fingerprint density at radius 1 is 0.776 bits per heavy atom. The van der Waals surface area contributed by atoms with Crippen LogP contribution in [0.15, 0.2) is 79.8 Å². The molecule has 0 unspecified atom stereocenters. The predicted molar refractivity (Wildman–Crippen MR) is 172 cm³/mol. The summed E-state index contributed by atoms with van der Waals surface area (Å²) in [4.78, 5) is 43.8. The number of aromatic nitrogens is 5. The van der Waals surface area contributed by atoms with Crippen LogP contribution >= 0.6 is 0 Å². The number of fused-ring (bicyclic) bond motifs is 1. The van der Waals surface area contributed by atoms with Crippen molar-refractivity contribution < 1.29 is 18.4 Å². The van der Waals surface area contributed by atoms with Crippen LogP contribution < -0.4 is 10.6 Å². The van der Waals surface area contributed by atoms with E-state index in [1.54, 1.807) is 63.4 Å². The fourth-order valence-corrected chi connectivity index (χ4v) is 5.63. The topological polar surface area (TPSA) is 168 Å². The summed E-state index contributed by atoms with van der Waals surface area (Å²) in [5.41, 5.74) is 2.49. The van der Waals surface area contributed by atoms with Crippen LogP contribution in [0.4, 0.5) is 8.78 Å². The first kappa shape index (κ1) is 32.5. The zero-order valence-corrected chi connectivity index (χ0v) is 26.0. The number of carbonyl (C=O) groups excluding carboxylic acids is 2. The molecule has 49 heavy (non-hydrogen) atoms. The Labute approximate surface area is 279 Å². The molecule has 2 saturated heterocycles. The second-order valence-corrected chi connectivity index (χ2v) is 11.5. The van der Waals surface area contributed by atoms with Gasteiger partial charge in [-0.25, -0.2) is 28.7 Å². The Balaban J connectivity index is 0.000000171. The summed E-state index contributed by atoms with van der Waals surface area (Å²) in [6.07, 6.45) is 15.2. The first-order chi connectivity index (χ1) is 23.8. The molecular weight excluding hydrogens is 632 g/mol. The molecule has 2 aliphatic heterocycles. The fourth-order valence-electron chi connectivity index (χ4n) is 5.63. The van der Waals surface area contributed by atoms with Gasteiger partial charge in [0.05, 0.1) is 16.8 Å². The van der Waals surface area contributed by atoms with Crippen LogP contribution in [0, 0.1) is 34.5 Å². The van der Waals surface area contributed by atoms with Crippen molar-refractivity contribution in [2.75, 3.05) is 26.2 Å². The third kappa shape index (κ3) is 7.58. The van der Waals surface area contributed by atoms with E-state index in [1.807, 2.05) is 6.19 Å². The van der Waals surface area contributed by atoms with Gasteiger partial charge in [0.1, 0.15) is 18.0 Å². The monoisotopic (exact) mass is 661 g/mol. The van der Waals surface area contributed by atoms with E-state index in [9.17, 15) is 18.4 Å². The van der Waals surface area contributed by atoms with E-state index in [2.05, 4.69) is 36.8 Å². The lowest BCUT2D eigenvalue weighted by atomic mass is 10.1. The van der Waals surface area contributed by atoms with Crippen molar-refractivity contribution in [3.8, 4) is 34.8 Å². The van der Waals surface area contributed by atoms with Crippen LogP contribution in [0.25, 0.3) is 28.2 Å². The van der Waals surface area contributed by atoms with E-state index in [-0.39, 0.29) is 23.2 Å². The van der Waals surface area contributed by atoms with Crippen molar-refractivity contribution in [2.45, 2.75) is 24.9 Å². The third-order valence-electron chi connectivity index (χ3n) is 8.21. The molecule has 15 heteroatoms. The standard InChI is InChI=1S/C18H15FN6O.C16H14FN5O/c19-16-7-12(13-8-22-18-21-4-6-25(18)9-13)1-2-15(16)17(26)23-14-3-5-24(10-14)11-20;17-14-7-11(15-3-5-19-10-20-15)1-2-13(14)16(23)21-12-4-6-22(8-12)9-18/h1-2,4,6-9,14H,3,5,10H2,(H,23,26);1-3,5,7,10,12H,4,6,8H2,(H,21,23)/t14-;12-/m11/s1. The summed E-state index contributed by atoms with van der Waals surface area (Å²) in [6.45, 7) is 2.13. The number of hydrogen-bond acceptors (Lipinski definition) is 10. The molecule has 2 fully saturated rings. The van der Waals surface area contributed by atoms with Crippen LogP contribution in [0.2, 0.25) is 0 Å². The number of likely N-dealkylation sites (tertiary alicyclic amines) is 2. The minimum absolute atomic E-state index is 0.0131. The molecule has 5 aromatic rings. The summed E-state index contributed by atoms with van der Waals surface area (Å²) >= 11 is 0. The minimum Gasteiger partial charge on any atom is -0.347 e. The van der Waals surface area contributed by atoms with Gasteiger partial charge in [-0.2, -0.15) is 10.5 Å². The largest absolute Gasteiger partial charge is 0.347 e. The highest BCUT2D eigenvalue weighted by Crippen LogP contribution is 2.23. The van der Waals surface area contributed by atoms with Gasteiger partial charge in [-0.1, -0.05) is 12.1 Å². The molecule has 2 aliphatic rings. The zero-order valence-electron chi connectivity index (χ0n) is 26.0. The van der Waals surface area contributed by atoms with Crippen molar-refractivity contribution in [3.05, 3.63) is 103 Å². The molecule has 0 saturated carbocycles. The quantitative estimate of drug-likeness (QED) is 0.258. The van der Waals surface area contributed by atoms with E-state index in [1.165, 1.54) is 30.6 Å². The van der Waals surface area contributed by atoms with Gasteiger partial charge in [0.25, 0.3) is 11.8 Å². The van der Waals surface area contributed by atoms with E-state index in [0.29, 0.717) is 61.6 Å². The Morgan fingerprint density at radius 3 is 1.94 bits per heavy atom. The molecule has 0 spiro atoms. The molecule has 7 rings (SSSR count). The van der Waals surface area contributed by atoms with Gasteiger partial charge >= 0.3 is 0 Å². The molecule has 0 aliphatic carbocycles. The number of halogens is 2. The highest BCUT2D eigenvalue weighted by atomic mass is 19.1. The van der Waals surface area contributed by atoms with E-state index >= 15 is 0 Å². The average molecular weight is 662 g/mol. The lowest BCUT2D eigenvalue weighted by molar-refractivity contribution is 0.0926. The number of rotatable bonds is 6. The van der Waals surface area contributed by atoms with E-state index in [4.69, 9.17) is 10.5 Å². The van der Waals surface area contributed by atoms with E-state index in [0.717, 1.165) is 5.56 Å². The molecule has 2 N–H and O–H groups in total. The number of hydrogen-bond donors (Lipinski definition) is 2. The number of nitrogens with one attached hydrogen (secondary N) is 2. The number of nitriles is 2. The molecule has 3 aromatic heterocycles. The van der Waals surface area contributed by atoms with Gasteiger partial charge in [-0.05, 0) is 48.7 Å². The molecular formula is C34H29F2N11O2. The van der Waals surface area contributed by atoms with Gasteiger partial charge in [0, 0.05) is 80.4 Å². The van der Waals surface area contributed by atoms with Crippen molar-refractivity contribution >= 4 is 17.6 Å². The zero-order chi connectivity index (χ0) is 34.3. The number of amides is 2. The third-order valence-corrected chi connectivity index (χ3v) is 8.21. The van der Waals surface area contributed by atoms with Crippen molar-refractivity contribution in [1.29, 1.82) is 10.5 Å². The van der Waals surface area contributed by atoms with Gasteiger partial charge in [-0.15, -0.1) is 0 Å². The van der Waals surface area contributed by atoms with Gasteiger partial charge < -0.3 is 20.4 Å². The summed E-state index contributed by atoms with van der Waals surface area (Å²) in [5, 5.41) is 23.2. The first-order valence-electron chi connectivity index (χ1n) is 15.4. The Bertz CT molecular complexity index is 2080. The summed E-state index contributed by atoms with van der Waals surface area (Å²) in [7, 11) is 0. The normalized spacial score (nSPS) is 16.7. The van der Waals surface area contributed by atoms with Crippen LogP contribution in [0.5, 0.6) is 0 Å². The van der Waals surface area contributed by atoms with Crippen molar-refractivity contribution in [1.82, 2.24) is 44.8 Å². The first-order valence-corrected chi connectivity index (χ1v) is 15.4. The molecule has 246 valence electrons. The number of imidazole rings is 1. The van der Waals surface area contributed by atoms with E-state index < -0.39 is 23.4 Å². The van der Waals surface area contributed by atoms with Gasteiger partial charge in [0.2, 0.25) is 5.78 Å². The van der Waals surface area contributed by atoms with Crippen LogP contribution in [0.3, 0.4) is 0 Å². The molecule has 2 aromatic carbocycles. The SMILES string of the molecule is N#CN1CC[C@@H](NC(=O)c2ccc(-c3ccncn3)cc2F)C1.N#CN1CC[C@@H](NC(=O)c2ccc(-c3cnc4nccn4c3)cc2F)C1.